The second-order valence-corrected chi connectivity index (χ2v) is 4.12. The molecule has 0 saturated heterocycles. The average molecular weight is 235 g/mol. The first kappa shape index (κ1) is 12.4. The Kier molecular flexibility index (Phi) is 3.68. The Bertz CT molecular complexity index is 345. The molecule has 0 bridgehead atoms. The molecule has 1 atom stereocenters. The van der Waals surface area contributed by atoms with Crippen LogP contribution >= 0.6 is 11.6 Å². The van der Waals surface area contributed by atoms with E-state index in [1.165, 1.54) is 6.07 Å². The minimum Gasteiger partial charge on any atom is -0.393 e. The lowest BCUT2D eigenvalue weighted by Gasteiger charge is -2.18. The number of aliphatic hydroxyl groups is 1. The molecule has 1 aromatic carbocycles. The van der Waals surface area contributed by atoms with Gasteiger partial charge in [0.1, 0.15) is 0 Å². The molecule has 0 heterocycles. The summed E-state index contributed by atoms with van der Waals surface area (Å²) in [5.41, 5.74) is 0.206. The van der Waals surface area contributed by atoms with Gasteiger partial charge < -0.3 is 5.11 Å². The molecule has 0 aliphatic rings. The molecule has 15 heavy (non-hydrogen) atoms. The monoisotopic (exact) mass is 234 g/mol. The van der Waals surface area contributed by atoms with Gasteiger partial charge in [-0.25, -0.2) is 8.78 Å². The van der Waals surface area contributed by atoms with Crippen LogP contribution in [-0.4, -0.2) is 11.2 Å². The van der Waals surface area contributed by atoms with Crippen LogP contribution < -0.4 is 0 Å². The Balaban J connectivity index is 3.21. The van der Waals surface area contributed by atoms with Crippen molar-refractivity contribution in [1.82, 2.24) is 0 Å². The highest BCUT2D eigenvalue weighted by molar-refractivity contribution is 6.31. The molecule has 4 heteroatoms. The summed E-state index contributed by atoms with van der Waals surface area (Å²) in [6, 6.07) is 4.60. The number of hydrogen-bond acceptors (Lipinski definition) is 1. The molecule has 0 amide bonds. The van der Waals surface area contributed by atoms with Gasteiger partial charge in [0.2, 0.25) is 0 Å². The third kappa shape index (κ3) is 3.14. The molecule has 0 aliphatic carbocycles. The Hall–Kier alpha value is -0.670. The van der Waals surface area contributed by atoms with E-state index < -0.39 is 12.0 Å². The molecule has 0 fully saturated rings. The summed E-state index contributed by atoms with van der Waals surface area (Å²) < 4.78 is 26.5. The van der Waals surface area contributed by atoms with Gasteiger partial charge in [0.15, 0.2) is 0 Å². The molecule has 0 aliphatic heterocycles. The topological polar surface area (TPSA) is 20.2 Å². The molecule has 1 N–H and O–H groups in total. The van der Waals surface area contributed by atoms with Crippen molar-refractivity contribution >= 4 is 11.6 Å². The molecular formula is C11H13ClF2O. The van der Waals surface area contributed by atoms with E-state index in [4.69, 9.17) is 11.6 Å². The highest BCUT2D eigenvalue weighted by atomic mass is 35.5. The van der Waals surface area contributed by atoms with Crippen LogP contribution in [0.2, 0.25) is 5.02 Å². The number of halogens is 3. The van der Waals surface area contributed by atoms with Gasteiger partial charge in [-0.15, -0.1) is 0 Å². The minimum atomic E-state index is -2.98. The SMILES string of the molecule is CC(O)Cc1cccc(Cl)c1C(C)(F)F. The third-order valence-electron chi connectivity index (χ3n) is 2.05. The summed E-state index contributed by atoms with van der Waals surface area (Å²) in [5, 5.41) is 9.24. The first-order valence-corrected chi connectivity index (χ1v) is 5.04. The molecule has 1 rings (SSSR count). The van der Waals surface area contributed by atoms with Crippen LogP contribution in [0.15, 0.2) is 18.2 Å². The number of hydrogen-bond donors (Lipinski definition) is 1. The first-order chi connectivity index (χ1) is 6.82. The van der Waals surface area contributed by atoms with E-state index in [0.29, 0.717) is 5.56 Å². The number of benzene rings is 1. The van der Waals surface area contributed by atoms with Gasteiger partial charge in [-0.05, 0) is 25.0 Å². The molecule has 0 spiro atoms. The van der Waals surface area contributed by atoms with Crippen molar-refractivity contribution in [2.45, 2.75) is 32.3 Å². The molecule has 1 nitrogen and oxygen atoms in total. The lowest BCUT2D eigenvalue weighted by atomic mass is 9.98. The van der Waals surface area contributed by atoms with Crippen molar-refractivity contribution < 1.29 is 13.9 Å². The van der Waals surface area contributed by atoms with Crippen LogP contribution in [0.4, 0.5) is 8.78 Å². The summed E-state index contributed by atoms with van der Waals surface area (Å²) in [7, 11) is 0. The Morgan fingerprint density at radius 2 is 2.07 bits per heavy atom. The van der Waals surface area contributed by atoms with Crippen molar-refractivity contribution in [1.29, 1.82) is 0 Å². The summed E-state index contributed by atoms with van der Waals surface area (Å²) in [6.45, 7) is 2.36. The number of rotatable bonds is 3. The van der Waals surface area contributed by atoms with E-state index in [-0.39, 0.29) is 17.0 Å². The molecule has 1 unspecified atom stereocenters. The maximum atomic E-state index is 13.3. The van der Waals surface area contributed by atoms with Crippen molar-refractivity contribution in [3.05, 3.63) is 34.3 Å². The van der Waals surface area contributed by atoms with Gasteiger partial charge in [0.05, 0.1) is 11.1 Å². The zero-order chi connectivity index (χ0) is 11.6. The van der Waals surface area contributed by atoms with Crippen LogP contribution in [0.3, 0.4) is 0 Å². The molecule has 84 valence electrons. The average Bonchev–Trinajstić information content (AvgIpc) is 1.99. The zero-order valence-electron chi connectivity index (χ0n) is 8.60. The Labute approximate surface area is 92.7 Å². The van der Waals surface area contributed by atoms with E-state index in [1.54, 1.807) is 19.1 Å². The molecule has 1 aromatic rings. The maximum Gasteiger partial charge on any atom is 0.272 e. The number of aliphatic hydroxyl groups excluding tert-OH is 1. The lowest BCUT2D eigenvalue weighted by Crippen LogP contribution is -2.15. The van der Waals surface area contributed by atoms with E-state index in [2.05, 4.69) is 0 Å². The maximum absolute atomic E-state index is 13.3. The fourth-order valence-electron chi connectivity index (χ4n) is 1.55. The van der Waals surface area contributed by atoms with Gasteiger partial charge in [-0.1, -0.05) is 23.7 Å². The largest absolute Gasteiger partial charge is 0.393 e. The number of alkyl halides is 2. The van der Waals surface area contributed by atoms with Crippen molar-refractivity contribution in [2.75, 3.05) is 0 Å². The van der Waals surface area contributed by atoms with Crippen LogP contribution in [0.5, 0.6) is 0 Å². The zero-order valence-corrected chi connectivity index (χ0v) is 9.35. The van der Waals surface area contributed by atoms with Gasteiger partial charge in [-0.3, -0.25) is 0 Å². The Morgan fingerprint density at radius 3 is 2.53 bits per heavy atom. The minimum absolute atomic E-state index is 0.0423. The predicted octanol–water partition coefficient (Wildman–Crippen LogP) is 3.38. The smallest absolute Gasteiger partial charge is 0.272 e. The van der Waals surface area contributed by atoms with Gasteiger partial charge in [-0.2, -0.15) is 0 Å². The fourth-order valence-corrected chi connectivity index (χ4v) is 1.91. The first-order valence-electron chi connectivity index (χ1n) is 4.66. The summed E-state index contributed by atoms with van der Waals surface area (Å²) >= 11 is 5.74. The molecular weight excluding hydrogens is 222 g/mol. The summed E-state index contributed by atoms with van der Waals surface area (Å²) in [4.78, 5) is 0. The highest BCUT2D eigenvalue weighted by Crippen LogP contribution is 2.35. The molecule has 0 radical (unpaired) electrons. The molecule has 0 saturated carbocycles. The van der Waals surface area contributed by atoms with Gasteiger partial charge in [0.25, 0.3) is 5.92 Å². The Morgan fingerprint density at radius 1 is 1.47 bits per heavy atom. The molecule has 0 aromatic heterocycles. The van der Waals surface area contributed by atoms with Gasteiger partial charge in [0, 0.05) is 12.5 Å². The van der Waals surface area contributed by atoms with Gasteiger partial charge >= 0.3 is 0 Å². The van der Waals surface area contributed by atoms with Crippen LogP contribution in [0.1, 0.15) is 25.0 Å². The van der Waals surface area contributed by atoms with Crippen LogP contribution in [0, 0.1) is 0 Å². The highest BCUT2D eigenvalue weighted by Gasteiger charge is 2.30. The van der Waals surface area contributed by atoms with E-state index in [0.717, 1.165) is 6.92 Å². The van der Waals surface area contributed by atoms with E-state index in [1.807, 2.05) is 0 Å². The lowest BCUT2D eigenvalue weighted by molar-refractivity contribution is 0.0162. The van der Waals surface area contributed by atoms with E-state index in [9.17, 15) is 13.9 Å². The van der Waals surface area contributed by atoms with Crippen LogP contribution in [-0.2, 0) is 12.3 Å². The quantitative estimate of drug-likeness (QED) is 0.850. The van der Waals surface area contributed by atoms with Crippen molar-refractivity contribution in [2.24, 2.45) is 0 Å². The van der Waals surface area contributed by atoms with Crippen molar-refractivity contribution in [3.63, 3.8) is 0 Å². The van der Waals surface area contributed by atoms with E-state index >= 15 is 0 Å². The third-order valence-corrected chi connectivity index (χ3v) is 2.37. The summed E-state index contributed by atoms with van der Waals surface area (Å²) in [6.07, 6.45) is -0.483. The second kappa shape index (κ2) is 4.45. The fraction of sp³-hybridized carbons (Fsp3) is 0.455. The van der Waals surface area contributed by atoms with Crippen molar-refractivity contribution in [3.8, 4) is 0 Å². The standard InChI is InChI=1S/C11H13ClF2O/c1-7(15)6-8-4-3-5-9(12)10(8)11(2,13)14/h3-5,7,15H,6H2,1-2H3. The predicted molar refractivity (Wildman–Crippen MR) is 56.4 cm³/mol. The second-order valence-electron chi connectivity index (χ2n) is 3.72. The van der Waals surface area contributed by atoms with Crippen LogP contribution in [0.25, 0.3) is 0 Å². The summed E-state index contributed by atoms with van der Waals surface area (Å²) in [5.74, 6) is -2.98. The normalized spacial score (nSPS) is 14.0.